The molecule has 3 N–H and O–H groups in total. The summed E-state index contributed by atoms with van der Waals surface area (Å²) in [5.74, 6) is 1.31. The molecule has 0 heterocycles. The number of para-hydroxylation sites is 2. The summed E-state index contributed by atoms with van der Waals surface area (Å²) < 4.78 is 5.65. The Morgan fingerprint density at radius 2 is 2.20 bits per heavy atom. The van der Waals surface area contributed by atoms with Crippen LogP contribution in [0.1, 0.15) is 39.0 Å². The Kier molecular flexibility index (Phi) is 5.27. The number of anilines is 1. The minimum Gasteiger partial charge on any atom is -0.491 e. The van der Waals surface area contributed by atoms with Gasteiger partial charge in [0.2, 0.25) is 5.91 Å². The Hall–Kier alpha value is -1.71. The number of benzene rings is 1. The number of primary amides is 1. The highest BCUT2D eigenvalue weighted by Gasteiger charge is 2.23. The van der Waals surface area contributed by atoms with Gasteiger partial charge in [-0.3, -0.25) is 4.79 Å². The quantitative estimate of drug-likeness (QED) is 0.804. The summed E-state index contributed by atoms with van der Waals surface area (Å²) in [5.41, 5.74) is 6.14. The molecule has 0 bridgehead atoms. The van der Waals surface area contributed by atoms with Crippen LogP contribution in [-0.2, 0) is 4.79 Å². The highest BCUT2D eigenvalue weighted by Crippen LogP contribution is 2.32. The highest BCUT2D eigenvalue weighted by molar-refractivity contribution is 5.73. The maximum absolute atomic E-state index is 10.7. The van der Waals surface area contributed by atoms with Crippen molar-refractivity contribution in [2.75, 3.05) is 11.9 Å². The average molecular weight is 276 g/mol. The summed E-state index contributed by atoms with van der Waals surface area (Å²) in [6.07, 6.45) is 5.25. The van der Waals surface area contributed by atoms with Crippen LogP contribution in [0.5, 0.6) is 5.75 Å². The smallest absolute Gasteiger partial charge is 0.220 e. The summed E-state index contributed by atoms with van der Waals surface area (Å²) in [5, 5.41) is 3.57. The van der Waals surface area contributed by atoms with Crippen molar-refractivity contribution in [1.29, 1.82) is 0 Å². The molecule has 2 atom stereocenters. The van der Waals surface area contributed by atoms with E-state index in [1.54, 1.807) is 0 Å². The largest absolute Gasteiger partial charge is 0.491 e. The lowest BCUT2D eigenvalue weighted by Crippen LogP contribution is -2.17. The number of hydrogen-bond acceptors (Lipinski definition) is 3. The number of carbonyl (C=O) groups excluding carboxylic acids is 1. The van der Waals surface area contributed by atoms with Crippen molar-refractivity contribution < 1.29 is 9.53 Å². The van der Waals surface area contributed by atoms with Crippen molar-refractivity contribution in [3.8, 4) is 5.75 Å². The van der Waals surface area contributed by atoms with E-state index in [0.717, 1.165) is 17.4 Å². The fraction of sp³-hybridized carbons (Fsp3) is 0.562. The van der Waals surface area contributed by atoms with E-state index in [4.69, 9.17) is 10.5 Å². The zero-order valence-corrected chi connectivity index (χ0v) is 12.1. The zero-order valence-electron chi connectivity index (χ0n) is 12.1. The third-order valence-corrected chi connectivity index (χ3v) is 3.97. The summed E-state index contributed by atoms with van der Waals surface area (Å²) >= 11 is 0. The van der Waals surface area contributed by atoms with Crippen LogP contribution in [0.3, 0.4) is 0 Å². The molecule has 20 heavy (non-hydrogen) atoms. The highest BCUT2D eigenvalue weighted by atomic mass is 16.5. The molecule has 4 nitrogen and oxygen atoms in total. The Labute approximate surface area is 120 Å². The number of nitrogens with one attached hydrogen (secondary N) is 1. The molecule has 1 amide bonds. The molecule has 0 spiro atoms. The molecule has 0 saturated heterocycles. The van der Waals surface area contributed by atoms with Gasteiger partial charge in [0, 0.05) is 6.04 Å². The van der Waals surface area contributed by atoms with Gasteiger partial charge in [-0.15, -0.1) is 0 Å². The van der Waals surface area contributed by atoms with Crippen LogP contribution >= 0.6 is 0 Å². The second kappa shape index (κ2) is 7.17. The van der Waals surface area contributed by atoms with Gasteiger partial charge in [-0.05, 0) is 37.3 Å². The predicted octanol–water partition coefficient (Wildman–Crippen LogP) is 2.93. The Bertz CT molecular complexity index is 448. The van der Waals surface area contributed by atoms with E-state index in [1.807, 2.05) is 24.3 Å². The lowest BCUT2D eigenvalue weighted by molar-refractivity contribution is -0.118. The second-order valence-electron chi connectivity index (χ2n) is 5.49. The van der Waals surface area contributed by atoms with Crippen LogP contribution in [0.15, 0.2) is 24.3 Å². The maximum Gasteiger partial charge on any atom is 0.220 e. The van der Waals surface area contributed by atoms with E-state index in [1.165, 1.54) is 25.7 Å². The standard InChI is InChI=1S/C16H24N2O2/c1-2-12-7-8-13(11-12)18-14-5-3-4-6-15(14)20-10-9-16(17)19/h3-6,12-13,18H,2,7-11H2,1H3,(H2,17,19). The molecule has 1 aromatic carbocycles. The van der Waals surface area contributed by atoms with Gasteiger partial charge in [0.25, 0.3) is 0 Å². The second-order valence-corrected chi connectivity index (χ2v) is 5.49. The van der Waals surface area contributed by atoms with Crippen molar-refractivity contribution in [2.24, 2.45) is 11.7 Å². The van der Waals surface area contributed by atoms with Crippen molar-refractivity contribution >= 4 is 11.6 Å². The van der Waals surface area contributed by atoms with Gasteiger partial charge >= 0.3 is 0 Å². The molecular formula is C16H24N2O2. The minimum absolute atomic E-state index is 0.246. The summed E-state index contributed by atoms with van der Waals surface area (Å²) in [6, 6.07) is 8.42. The van der Waals surface area contributed by atoms with Crippen LogP contribution in [0, 0.1) is 5.92 Å². The molecule has 1 aliphatic carbocycles. The number of amides is 1. The van der Waals surface area contributed by atoms with E-state index < -0.39 is 0 Å². The summed E-state index contributed by atoms with van der Waals surface area (Å²) in [7, 11) is 0. The molecule has 0 aliphatic heterocycles. The molecule has 2 rings (SSSR count). The topological polar surface area (TPSA) is 64.3 Å². The Morgan fingerprint density at radius 3 is 2.90 bits per heavy atom. The zero-order chi connectivity index (χ0) is 14.4. The van der Waals surface area contributed by atoms with Gasteiger partial charge in [0.05, 0.1) is 18.7 Å². The van der Waals surface area contributed by atoms with Gasteiger partial charge in [0.1, 0.15) is 5.75 Å². The van der Waals surface area contributed by atoms with Crippen LogP contribution in [0.2, 0.25) is 0 Å². The van der Waals surface area contributed by atoms with Gasteiger partial charge < -0.3 is 15.8 Å². The van der Waals surface area contributed by atoms with E-state index in [-0.39, 0.29) is 12.3 Å². The molecule has 2 unspecified atom stereocenters. The fourth-order valence-corrected chi connectivity index (χ4v) is 2.77. The molecule has 4 heteroatoms. The van der Waals surface area contributed by atoms with Gasteiger partial charge in [-0.1, -0.05) is 25.5 Å². The number of hydrogen-bond donors (Lipinski definition) is 2. The van der Waals surface area contributed by atoms with Gasteiger partial charge in [-0.25, -0.2) is 0 Å². The van der Waals surface area contributed by atoms with Crippen LogP contribution in [0.4, 0.5) is 5.69 Å². The minimum atomic E-state index is -0.336. The normalized spacial score (nSPS) is 21.6. The molecule has 110 valence electrons. The first-order valence-corrected chi connectivity index (χ1v) is 7.45. The van der Waals surface area contributed by atoms with Crippen molar-refractivity contribution in [2.45, 2.75) is 45.1 Å². The third kappa shape index (κ3) is 4.15. The lowest BCUT2D eigenvalue weighted by atomic mass is 10.1. The third-order valence-electron chi connectivity index (χ3n) is 3.97. The van der Waals surface area contributed by atoms with Crippen molar-refractivity contribution in [3.63, 3.8) is 0 Å². The number of rotatable bonds is 7. The number of carbonyl (C=O) groups is 1. The maximum atomic E-state index is 10.7. The van der Waals surface area contributed by atoms with Gasteiger partial charge in [-0.2, -0.15) is 0 Å². The van der Waals surface area contributed by atoms with Crippen LogP contribution in [0.25, 0.3) is 0 Å². The molecule has 1 fully saturated rings. The Balaban J connectivity index is 1.92. The summed E-state index contributed by atoms with van der Waals surface area (Å²) in [6.45, 7) is 2.59. The molecular weight excluding hydrogens is 252 g/mol. The van der Waals surface area contributed by atoms with E-state index in [9.17, 15) is 4.79 Å². The SMILES string of the molecule is CCC1CCC(Nc2ccccc2OCCC(N)=O)C1. The molecule has 0 aromatic heterocycles. The van der Waals surface area contributed by atoms with Crippen molar-refractivity contribution in [3.05, 3.63) is 24.3 Å². The van der Waals surface area contributed by atoms with E-state index in [2.05, 4.69) is 12.2 Å². The molecule has 1 saturated carbocycles. The van der Waals surface area contributed by atoms with E-state index >= 15 is 0 Å². The van der Waals surface area contributed by atoms with Crippen molar-refractivity contribution in [1.82, 2.24) is 0 Å². The van der Waals surface area contributed by atoms with E-state index in [0.29, 0.717) is 12.6 Å². The number of nitrogens with two attached hydrogens (primary N) is 1. The average Bonchev–Trinajstić information content (AvgIpc) is 2.88. The van der Waals surface area contributed by atoms with Crippen LogP contribution < -0.4 is 15.8 Å². The Morgan fingerprint density at radius 1 is 1.40 bits per heavy atom. The fourth-order valence-electron chi connectivity index (χ4n) is 2.77. The summed E-state index contributed by atoms with van der Waals surface area (Å²) in [4.78, 5) is 10.7. The molecule has 0 radical (unpaired) electrons. The predicted molar refractivity (Wildman–Crippen MR) is 80.8 cm³/mol. The molecule has 1 aromatic rings. The first kappa shape index (κ1) is 14.7. The first-order valence-electron chi connectivity index (χ1n) is 7.45. The lowest BCUT2D eigenvalue weighted by Gasteiger charge is -2.17. The monoisotopic (exact) mass is 276 g/mol. The number of ether oxygens (including phenoxy) is 1. The molecule has 1 aliphatic rings. The van der Waals surface area contributed by atoms with Crippen LogP contribution in [-0.4, -0.2) is 18.6 Å². The van der Waals surface area contributed by atoms with Gasteiger partial charge in [0.15, 0.2) is 0 Å². The first-order chi connectivity index (χ1) is 9.69.